The second-order valence-electron chi connectivity index (χ2n) is 4.86. The number of furan rings is 1. The second kappa shape index (κ2) is 6.27. The minimum Gasteiger partial charge on any atom is -0.463 e. The van der Waals surface area contributed by atoms with Crippen LogP contribution in [0.15, 0.2) is 64.1 Å². The van der Waals surface area contributed by atoms with E-state index in [0.717, 1.165) is 4.68 Å². The van der Waals surface area contributed by atoms with Crippen LogP contribution in [-0.2, 0) is 4.79 Å². The lowest BCUT2D eigenvalue weighted by Gasteiger charge is -2.14. The first-order valence-electron chi connectivity index (χ1n) is 7.01. The van der Waals surface area contributed by atoms with Crippen molar-refractivity contribution in [1.82, 2.24) is 14.8 Å². The molecule has 0 aromatic carbocycles. The second-order valence-corrected chi connectivity index (χ2v) is 4.86. The van der Waals surface area contributed by atoms with Gasteiger partial charge in [-0.1, -0.05) is 6.07 Å². The van der Waals surface area contributed by atoms with Crippen LogP contribution in [0.4, 0.5) is 5.82 Å². The van der Waals surface area contributed by atoms with Crippen LogP contribution >= 0.6 is 0 Å². The van der Waals surface area contributed by atoms with Gasteiger partial charge >= 0.3 is 0 Å². The molecule has 7 nitrogen and oxygen atoms in total. The maximum absolute atomic E-state index is 12.3. The van der Waals surface area contributed by atoms with Crippen LogP contribution in [0.3, 0.4) is 0 Å². The number of nitrogens with zero attached hydrogens (tertiary/aromatic N) is 3. The standard InChI is InChI=1S/C16H14N4O3/c1-11(16(22)18-14-6-2-3-9-17-14)20-15(21)8-7-12(19-20)13-5-4-10-23-13/h2-11H,1H3,(H,17,18,22). The molecule has 0 fully saturated rings. The largest absolute Gasteiger partial charge is 0.463 e. The number of hydrogen-bond acceptors (Lipinski definition) is 5. The third-order valence-electron chi connectivity index (χ3n) is 3.26. The molecule has 3 heterocycles. The summed E-state index contributed by atoms with van der Waals surface area (Å²) in [6.45, 7) is 1.60. The molecule has 0 saturated heterocycles. The maximum Gasteiger partial charge on any atom is 0.267 e. The fourth-order valence-electron chi connectivity index (χ4n) is 2.04. The van der Waals surface area contributed by atoms with Gasteiger partial charge in [-0.25, -0.2) is 9.67 Å². The first-order chi connectivity index (χ1) is 11.1. The SMILES string of the molecule is CC(C(=O)Nc1ccccn1)n1nc(-c2ccco2)ccc1=O. The lowest BCUT2D eigenvalue weighted by atomic mass is 10.3. The van der Waals surface area contributed by atoms with Gasteiger partial charge in [0.15, 0.2) is 5.76 Å². The Morgan fingerprint density at radius 2 is 2.09 bits per heavy atom. The van der Waals surface area contributed by atoms with Gasteiger partial charge in [-0.2, -0.15) is 5.10 Å². The van der Waals surface area contributed by atoms with Crippen LogP contribution in [0, 0.1) is 0 Å². The van der Waals surface area contributed by atoms with Crippen LogP contribution in [0.2, 0.25) is 0 Å². The predicted molar refractivity (Wildman–Crippen MR) is 83.8 cm³/mol. The van der Waals surface area contributed by atoms with Crippen molar-refractivity contribution in [3.8, 4) is 11.5 Å². The molecule has 0 aliphatic carbocycles. The minimum atomic E-state index is -0.792. The molecule has 0 saturated carbocycles. The first-order valence-corrected chi connectivity index (χ1v) is 7.01. The molecule has 3 rings (SSSR count). The van der Waals surface area contributed by atoms with Crippen molar-refractivity contribution in [2.24, 2.45) is 0 Å². The van der Waals surface area contributed by atoms with Crippen LogP contribution in [0.5, 0.6) is 0 Å². The summed E-state index contributed by atoms with van der Waals surface area (Å²) in [6, 6.07) is 10.8. The van der Waals surface area contributed by atoms with E-state index in [-0.39, 0.29) is 11.5 Å². The Hall–Kier alpha value is -3.22. The molecular weight excluding hydrogens is 296 g/mol. The number of carbonyl (C=O) groups is 1. The predicted octanol–water partition coefficient (Wildman–Crippen LogP) is 2.10. The lowest BCUT2D eigenvalue weighted by molar-refractivity contribution is -0.119. The van der Waals surface area contributed by atoms with Crippen LogP contribution in [0.1, 0.15) is 13.0 Å². The van der Waals surface area contributed by atoms with Crippen LogP contribution in [0.25, 0.3) is 11.5 Å². The van der Waals surface area contributed by atoms with Crippen molar-refractivity contribution in [1.29, 1.82) is 0 Å². The number of aromatic nitrogens is 3. The van der Waals surface area contributed by atoms with E-state index in [2.05, 4.69) is 15.4 Å². The molecule has 0 aliphatic rings. The van der Waals surface area contributed by atoms with Gasteiger partial charge in [0.05, 0.1) is 6.26 Å². The van der Waals surface area contributed by atoms with E-state index in [1.807, 2.05) is 0 Å². The molecular formula is C16H14N4O3. The van der Waals surface area contributed by atoms with E-state index in [9.17, 15) is 9.59 Å². The highest BCUT2D eigenvalue weighted by Crippen LogP contribution is 2.16. The van der Waals surface area contributed by atoms with Crippen LogP contribution < -0.4 is 10.9 Å². The molecule has 0 bridgehead atoms. The number of nitrogens with one attached hydrogen (secondary N) is 1. The Balaban J connectivity index is 1.87. The highest BCUT2D eigenvalue weighted by molar-refractivity contribution is 5.92. The number of pyridine rings is 1. The third-order valence-corrected chi connectivity index (χ3v) is 3.26. The average Bonchev–Trinajstić information content (AvgIpc) is 3.10. The summed E-state index contributed by atoms with van der Waals surface area (Å²) in [6.07, 6.45) is 3.09. The zero-order chi connectivity index (χ0) is 16.2. The van der Waals surface area contributed by atoms with E-state index < -0.39 is 6.04 Å². The van der Waals surface area contributed by atoms with Gasteiger partial charge in [0.25, 0.3) is 5.56 Å². The summed E-state index contributed by atoms with van der Waals surface area (Å²) in [5.41, 5.74) is 0.107. The maximum atomic E-state index is 12.3. The number of hydrogen-bond donors (Lipinski definition) is 1. The van der Waals surface area contributed by atoms with Crippen molar-refractivity contribution in [2.45, 2.75) is 13.0 Å². The summed E-state index contributed by atoms with van der Waals surface area (Å²) in [4.78, 5) is 28.3. The van der Waals surface area contributed by atoms with E-state index >= 15 is 0 Å². The summed E-state index contributed by atoms with van der Waals surface area (Å²) in [5.74, 6) is 0.561. The van der Waals surface area contributed by atoms with E-state index in [1.54, 1.807) is 49.5 Å². The number of rotatable bonds is 4. The van der Waals surface area contributed by atoms with Gasteiger partial charge in [-0.3, -0.25) is 9.59 Å². The normalized spacial score (nSPS) is 11.9. The Morgan fingerprint density at radius 1 is 1.22 bits per heavy atom. The molecule has 1 amide bonds. The Morgan fingerprint density at radius 3 is 2.78 bits per heavy atom. The molecule has 116 valence electrons. The van der Waals surface area contributed by atoms with Gasteiger partial charge < -0.3 is 9.73 Å². The molecule has 3 aromatic heterocycles. The molecule has 0 radical (unpaired) electrons. The summed E-state index contributed by atoms with van der Waals surface area (Å²) in [5, 5.41) is 6.85. The van der Waals surface area contributed by atoms with Gasteiger partial charge in [0, 0.05) is 12.3 Å². The molecule has 7 heteroatoms. The Kier molecular flexibility index (Phi) is 4.01. The molecule has 0 aliphatic heterocycles. The average molecular weight is 310 g/mol. The molecule has 23 heavy (non-hydrogen) atoms. The molecule has 1 atom stereocenters. The van der Waals surface area contributed by atoms with E-state index in [1.165, 1.54) is 12.3 Å². The van der Waals surface area contributed by atoms with E-state index in [0.29, 0.717) is 17.3 Å². The highest BCUT2D eigenvalue weighted by Gasteiger charge is 2.19. The monoisotopic (exact) mass is 310 g/mol. The van der Waals surface area contributed by atoms with E-state index in [4.69, 9.17) is 4.42 Å². The fourth-order valence-corrected chi connectivity index (χ4v) is 2.04. The third kappa shape index (κ3) is 3.18. The topological polar surface area (TPSA) is 90.0 Å². The van der Waals surface area contributed by atoms with Gasteiger partial charge in [-0.05, 0) is 37.3 Å². The zero-order valence-corrected chi connectivity index (χ0v) is 12.3. The quantitative estimate of drug-likeness (QED) is 0.797. The van der Waals surface area contributed by atoms with Crippen molar-refractivity contribution < 1.29 is 9.21 Å². The van der Waals surface area contributed by atoms with Crippen molar-refractivity contribution >= 4 is 11.7 Å². The molecule has 1 N–H and O–H groups in total. The Labute approximate surface area is 131 Å². The smallest absolute Gasteiger partial charge is 0.267 e. The first kappa shape index (κ1) is 14.7. The van der Waals surface area contributed by atoms with Crippen LogP contribution in [-0.4, -0.2) is 20.7 Å². The van der Waals surface area contributed by atoms with Crippen molar-refractivity contribution in [3.05, 3.63) is 65.3 Å². The summed E-state index contributed by atoms with van der Waals surface area (Å²) >= 11 is 0. The summed E-state index contributed by atoms with van der Waals surface area (Å²) < 4.78 is 6.38. The van der Waals surface area contributed by atoms with Crippen molar-refractivity contribution in [3.63, 3.8) is 0 Å². The zero-order valence-electron chi connectivity index (χ0n) is 12.3. The number of amides is 1. The Bertz CT molecular complexity index is 857. The highest BCUT2D eigenvalue weighted by atomic mass is 16.3. The molecule has 3 aromatic rings. The molecule has 1 unspecified atom stereocenters. The number of carbonyl (C=O) groups excluding carboxylic acids is 1. The van der Waals surface area contributed by atoms with Gasteiger partial charge in [0.1, 0.15) is 17.6 Å². The fraction of sp³-hybridized carbons (Fsp3) is 0.125. The number of anilines is 1. The van der Waals surface area contributed by atoms with Gasteiger partial charge in [0.2, 0.25) is 5.91 Å². The lowest BCUT2D eigenvalue weighted by Crippen LogP contribution is -2.33. The molecule has 0 spiro atoms. The van der Waals surface area contributed by atoms with Gasteiger partial charge in [-0.15, -0.1) is 0 Å². The minimum absolute atomic E-state index is 0.371. The van der Waals surface area contributed by atoms with Crippen molar-refractivity contribution in [2.75, 3.05) is 5.32 Å². The summed E-state index contributed by atoms with van der Waals surface area (Å²) in [7, 11) is 0.